The number of halogens is 1. The Kier molecular flexibility index (Phi) is 3.50. The summed E-state index contributed by atoms with van der Waals surface area (Å²) in [6.45, 7) is 2.20. The monoisotopic (exact) mass is 262 g/mol. The van der Waals surface area contributed by atoms with Crippen LogP contribution in [0.25, 0.3) is 0 Å². The molecule has 2 rings (SSSR count). The molecule has 0 saturated carbocycles. The number of rotatable bonds is 3. The van der Waals surface area contributed by atoms with Gasteiger partial charge in [-0.2, -0.15) is 5.10 Å². The average molecular weight is 262 g/mol. The second-order valence-corrected chi connectivity index (χ2v) is 4.37. The molecule has 2 aromatic rings. The van der Waals surface area contributed by atoms with E-state index < -0.39 is 5.82 Å². The van der Waals surface area contributed by atoms with Crippen LogP contribution in [0.1, 0.15) is 21.6 Å². The first-order chi connectivity index (χ1) is 8.95. The van der Waals surface area contributed by atoms with Gasteiger partial charge in [-0.05, 0) is 25.1 Å². The minimum absolute atomic E-state index is 0.207. The molecule has 3 N–H and O–H groups in total. The van der Waals surface area contributed by atoms with Crippen molar-refractivity contribution in [1.82, 2.24) is 15.1 Å². The van der Waals surface area contributed by atoms with E-state index in [1.54, 1.807) is 4.68 Å². The number of amides is 1. The van der Waals surface area contributed by atoms with Gasteiger partial charge in [0.15, 0.2) is 0 Å². The summed E-state index contributed by atoms with van der Waals surface area (Å²) >= 11 is 0. The molecule has 0 fully saturated rings. The van der Waals surface area contributed by atoms with Gasteiger partial charge in [0.1, 0.15) is 5.82 Å². The Hall–Kier alpha value is -2.37. The van der Waals surface area contributed by atoms with Gasteiger partial charge in [-0.15, -0.1) is 0 Å². The van der Waals surface area contributed by atoms with Crippen LogP contribution in [0.3, 0.4) is 0 Å². The Morgan fingerprint density at radius 1 is 1.47 bits per heavy atom. The minimum Gasteiger partial charge on any atom is -0.399 e. The van der Waals surface area contributed by atoms with Crippen LogP contribution in [-0.4, -0.2) is 15.7 Å². The summed E-state index contributed by atoms with van der Waals surface area (Å²) in [6, 6.07) is 3.76. The van der Waals surface area contributed by atoms with Crippen LogP contribution in [0, 0.1) is 12.7 Å². The molecule has 0 radical (unpaired) electrons. The van der Waals surface area contributed by atoms with Crippen molar-refractivity contribution in [3.8, 4) is 0 Å². The Morgan fingerprint density at radius 2 is 2.21 bits per heavy atom. The Labute approximate surface area is 110 Å². The summed E-state index contributed by atoms with van der Waals surface area (Å²) in [5.74, 6) is -0.892. The topological polar surface area (TPSA) is 72.9 Å². The lowest BCUT2D eigenvalue weighted by molar-refractivity contribution is 0.0950. The number of hydrogen-bond donors (Lipinski definition) is 2. The van der Waals surface area contributed by atoms with Crippen LogP contribution in [0.5, 0.6) is 0 Å². The van der Waals surface area contributed by atoms with Gasteiger partial charge < -0.3 is 11.1 Å². The largest absolute Gasteiger partial charge is 0.399 e. The second-order valence-electron chi connectivity index (χ2n) is 4.37. The molecule has 1 aromatic heterocycles. The number of hydrogen-bond acceptors (Lipinski definition) is 3. The number of carbonyl (C=O) groups excluding carboxylic acids is 1. The van der Waals surface area contributed by atoms with Crippen molar-refractivity contribution in [3.05, 3.63) is 47.0 Å². The van der Waals surface area contributed by atoms with Crippen molar-refractivity contribution in [2.75, 3.05) is 5.73 Å². The number of nitrogen functional groups attached to an aromatic ring is 1. The number of aryl methyl sites for hydroxylation is 2. The smallest absolute Gasteiger partial charge is 0.251 e. The molecule has 5 nitrogen and oxygen atoms in total. The third-order valence-electron chi connectivity index (χ3n) is 2.74. The highest BCUT2D eigenvalue weighted by molar-refractivity contribution is 5.95. The Balaban J connectivity index is 2.07. The van der Waals surface area contributed by atoms with Gasteiger partial charge >= 0.3 is 0 Å². The summed E-state index contributed by atoms with van der Waals surface area (Å²) in [6.07, 6.45) is 1.83. The Morgan fingerprint density at radius 3 is 2.79 bits per heavy atom. The molecule has 0 saturated heterocycles. The fourth-order valence-corrected chi connectivity index (χ4v) is 1.84. The van der Waals surface area contributed by atoms with E-state index in [1.165, 1.54) is 12.1 Å². The number of carbonyl (C=O) groups is 1. The third-order valence-corrected chi connectivity index (χ3v) is 2.74. The van der Waals surface area contributed by atoms with Crippen LogP contribution in [0.15, 0.2) is 24.4 Å². The molecule has 0 atom stereocenters. The molecule has 0 unspecified atom stereocenters. The van der Waals surface area contributed by atoms with Crippen LogP contribution < -0.4 is 11.1 Å². The van der Waals surface area contributed by atoms with Crippen molar-refractivity contribution in [2.24, 2.45) is 7.05 Å². The molecule has 1 amide bonds. The molecule has 0 aliphatic carbocycles. The summed E-state index contributed by atoms with van der Waals surface area (Å²) in [5.41, 5.74) is 7.70. The molecule has 0 aliphatic rings. The van der Waals surface area contributed by atoms with Crippen molar-refractivity contribution in [1.29, 1.82) is 0 Å². The van der Waals surface area contributed by atoms with Gasteiger partial charge in [-0.3, -0.25) is 9.48 Å². The highest BCUT2D eigenvalue weighted by Gasteiger charge is 2.09. The zero-order valence-corrected chi connectivity index (χ0v) is 10.8. The number of nitrogens with zero attached hydrogens (tertiary/aromatic N) is 2. The number of anilines is 1. The number of nitrogens with one attached hydrogen (secondary N) is 1. The van der Waals surface area contributed by atoms with E-state index in [0.29, 0.717) is 6.54 Å². The molecule has 1 aromatic carbocycles. The maximum Gasteiger partial charge on any atom is 0.251 e. The van der Waals surface area contributed by atoms with Gasteiger partial charge in [0.05, 0.1) is 5.69 Å². The maximum atomic E-state index is 13.1. The van der Waals surface area contributed by atoms with Crippen LogP contribution >= 0.6 is 0 Å². The molecule has 6 heteroatoms. The molecule has 0 bridgehead atoms. The standard InChI is InChI=1S/C13H15FN4O/c1-8-10(7-18(2)17-8)6-16-13(19)9-3-11(14)5-12(15)4-9/h3-5,7H,6,15H2,1-2H3,(H,16,19). The van der Waals surface area contributed by atoms with Crippen molar-refractivity contribution in [3.63, 3.8) is 0 Å². The van der Waals surface area contributed by atoms with Gasteiger partial charge in [0, 0.05) is 36.6 Å². The summed E-state index contributed by atoms with van der Waals surface area (Å²) < 4.78 is 14.8. The summed E-state index contributed by atoms with van der Waals surface area (Å²) in [4.78, 5) is 11.9. The first-order valence-corrected chi connectivity index (χ1v) is 5.79. The van der Waals surface area contributed by atoms with E-state index in [1.807, 2.05) is 20.2 Å². The summed E-state index contributed by atoms with van der Waals surface area (Å²) in [5, 5.41) is 6.88. The molecule has 19 heavy (non-hydrogen) atoms. The van der Waals surface area contributed by atoms with E-state index in [-0.39, 0.29) is 17.2 Å². The number of nitrogens with two attached hydrogens (primary N) is 1. The minimum atomic E-state index is -0.525. The van der Waals surface area contributed by atoms with Crippen LogP contribution in [0.4, 0.5) is 10.1 Å². The quantitative estimate of drug-likeness (QED) is 0.821. The molecular formula is C13H15FN4O. The van der Waals surface area contributed by atoms with Crippen LogP contribution in [0.2, 0.25) is 0 Å². The highest BCUT2D eigenvalue weighted by Crippen LogP contribution is 2.11. The molecule has 100 valence electrons. The van der Waals surface area contributed by atoms with E-state index >= 15 is 0 Å². The maximum absolute atomic E-state index is 13.1. The molecule has 1 heterocycles. The predicted octanol–water partition coefficient (Wildman–Crippen LogP) is 1.38. The first-order valence-electron chi connectivity index (χ1n) is 5.79. The van der Waals surface area contributed by atoms with Gasteiger partial charge in [0.2, 0.25) is 0 Å². The number of aromatic nitrogens is 2. The fourth-order valence-electron chi connectivity index (χ4n) is 1.84. The lowest BCUT2D eigenvalue weighted by Gasteiger charge is -2.05. The van der Waals surface area contributed by atoms with E-state index in [9.17, 15) is 9.18 Å². The lowest BCUT2D eigenvalue weighted by Crippen LogP contribution is -2.23. The van der Waals surface area contributed by atoms with Gasteiger partial charge in [-0.1, -0.05) is 0 Å². The van der Waals surface area contributed by atoms with E-state index in [0.717, 1.165) is 17.3 Å². The van der Waals surface area contributed by atoms with Crippen molar-refractivity contribution >= 4 is 11.6 Å². The third kappa shape index (κ3) is 3.09. The second kappa shape index (κ2) is 5.09. The van der Waals surface area contributed by atoms with Crippen molar-refractivity contribution in [2.45, 2.75) is 13.5 Å². The lowest BCUT2D eigenvalue weighted by atomic mass is 10.1. The van der Waals surface area contributed by atoms with E-state index in [2.05, 4.69) is 10.4 Å². The predicted molar refractivity (Wildman–Crippen MR) is 69.9 cm³/mol. The van der Waals surface area contributed by atoms with Crippen molar-refractivity contribution < 1.29 is 9.18 Å². The fraction of sp³-hybridized carbons (Fsp3) is 0.231. The number of benzene rings is 1. The normalized spacial score (nSPS) is 10.5. The van der Waals surface area contributed by atoms with Gasteiger partial charge in [0.25, 0.3) is 5.91 Å². The zero-order chi connectivity index (χ0) is 14.0. The molecule has 0 aliphatic heterocycles. The van der Waals surface area contributed by atoms with E-state index in [4.69, 9.17) is 5.73 Å². The molecule has 0 spiro atoms. The zero-order valence-electron chi connectivity index (χ0n) is 10.8. The average Bonchev–Trinajstić information content (AvgIpc) is 2.63. The first kappa shape index (κ1) is 13.1. The SMILES string of the molecule is Cc1nn(C)cc1CNC(=O)c1cc(N)cc(F)c1. The van der Waals surface area contributed by atoms with Gasteiger partial charge in [-0.25, -0.2) is 4.39 Å². The molecular weight excluding hydrogens is 247 g/mol. The van der Waals surface area contributed by atoms with Crippen LogP contribution in [-0.2, 0) is 13.6 Å². The highest BCUT2D eigenvalue weighted by atomic mass is 19.1. The summed E-state index contributed by atoms with van der Waals surface area (Å²) in [7, 11) is 1.81. The Bertz CT molecular complexity index is 601.